The van der Waals surface area contributed by atoms with Crippen LogP contribution in [0.1, 0.15) is 26.2 Å². The van der Waals surface area contributed by atoms with Crippen LogP contribution in [0.4, 0.5) is 0 Å². The van der Waals surface area contributed by atoms with Gasteiger partial charge in [0, 0.05) is 11.8 Å². The van der Waals surface area contributed by atoms with Crippen LogP contribution < -0.4 is 11.1 Å². The third kappa shape index (κ3) is 4.53. The van der Waals surface area contributed by atoms with Gasteiger partial charge in [-0.1, -0.05) is 6.92 Å². The van der Waals surface area contributed by atoms with Crippen LogP contribution in [0, 0.1) is 0 Å². The average Bonchev–Trinajstić information content (AvgIpc) is 2.65. The Morgan fingerprint density at radius 3 is 2.93 bits per heavy atom. The Kier molecular flexibility index (Phi) is 7.41. The van der Waals surface area contributed by atoms with Gasteiger partial charge in [0.1, 0.15) is 0 Å². The van der Waals surface area contributed by atoms with Crippen molar-refractivity contribution in [3.63, 3.8) is 0 Å². The predicted octanol–water partition coefficient (Wildman–Crippen LogP) is 1.16. The first-order valence-electron chi connectivity index (χ1n) is 4.89. The molecule has 5 heteroatoms. The summed E-state index contributed by atoms with van der Waals surface area (Å²) in [5, 5.41) is 3.51. The molecule has 1 amide bonds. The lowest BCUT2D eigenvalue weighted by Gasteiger charge is -2.13. The van der Waals surface area contributed by atoms with Crippen molar-refractivity contribution < 1.29 is 4.79 Å². The van der Waals surface area contributed by atoms with E-state index in [1.807, 2.05) is 18.7 Å². The van der Waals surface area contributed by atoms with Crippen molar-refractivity contribution in [3.8, 4) is 0 Å². The van der Waals surface area contributed by atoms with Crippen LogP contribution in [0.3, 0.4) is 0 Å². The van der Waals surface area contributed by atoms with E-state index < -0.39 is 0 Å². The van der Waals surface area contributed by atoms with Gasteiger partial charge in [-0.05, 0) is 25.0 Å². The second kappa shape index (κ2) is 7.37. The lowest BCUT2D eigenvalue weighted by molar-refractivity contribution is -0.122. The maximum absolute atomic E-state index is 11.3. The number of hydrogen-bond donors (Lipinski definition) is 2. The topological polar surface area (TPSA) is 55.1 Å². The van der Waals surface area contributed by atoms with Crippen molar-refractivity contribution in [2.24, 2.45) is 5.73 Å². The molecule has 3 N–H and O–H groups in total. The van der Waals surface area contributed by atoms with E-state index in [9.17, 15) is 4.79 Å². The summed E-state index contributed by atoms with van der Waals surface area (Å²) in [5.74, 6) is 1.23. The summed E-state index contributed by atoms with van der Waals surface area (Å²) in [6.07, 6.45) is 3.22. The van der Waals surface area contributed by atoms with Gasteiger partial charge in [-0.2, -0.15) is 11.8 Å². The van der Waals surface area contributed by atoms with E-state index >= 15 is 0 Å². The standard InChI is InChI=1S/C9H18N2OS.ClH/c1-2-8(10)9(12)11-6-7-4-3-5-13-7;/h7-8H,2-6,10H2,1H3,(H,11,12);1H/t7?,8-;/m0./s1. The van der Waals surface area contributed by atoms with E-state index in [2.05, 4.69) is 5.32 Å². The minimum Gasteiger partial charge on any atom is -0.354 e. The smallest absolute Gasteiger partial charge is 0.236 e. The number of carbonyl (C=O) groups is 1. The molecule has 84 valence electrons. The molecule has 2 atom stereocenters. The number of carbonyl (C=O) groups excluding carboxylic acids is 1. The zero-order chi connectivity index (χ0) is 9.68. The molecule has 0 aromatic rings. The van der Waals surface area contributed by atoms with Gasteiger partial charge >= 0.3 is 0 Å². The maximum Gasteiger partial charge on any atom is 0.236 e. The number of nitrogens with two attached hydrogens (primary N) is 1. The van der Waals surface area contributed by atoms with Crippen molar-refractivity contribution in [2.75, 3.05) is 12.3 Å². The number of amides is 1. The normalized spacial score (nSPS) is 22.6. The van der Waals surface area contributed by atoms with Gasteiger partial charge in [0.25, 0.3) is 0 Å². The van der Waals surface area contributed by atoms with E-state index in [1.54, 1.807) is 0 Å². The highest BCUT2D eigenvalue weighted by Crippen LogP contribution is 2.25. The van der Waals surface area contributed by atoms with Gasteiger partial charge in [0.05, 0.1) is 6.04 Å². The Balaban J connectivity index is 0.00000169. The summed E-state index contributed by atoms with van der Waals surface area (Å²) in [6.45, 7) is 2.71. The summed E-state index contributed by atoms with van der Waals surface area (Å²) in [7, 11) is 0. The van der Waals surface area contributed by atoms with Gasteiger partial charge in [0.15, 0.2) is 0 Å². The zero-order valence-electron chi connectivity index (χ0n) is 8.49. The fourth-order valence-electron chi connectivity index (χ4n) is 1.34. The molecule has 0 spiro atoms. The Bertz CT molecular complexity index is 174. The van der Waals surface area contributed by atoms with Crippen molar-refractivity contribution in [1.82, 2.24) is 5.32 Å². The lowest BCUT2D eigenvalue weighted by Crippen LogP contribution is -2.42. The number of rotatable bonds is 4. The van der Waals surface area contributed by atoms with Gasteiger partial charge in [-0.25, -0.2) is 0 Å². The molecular weight excluding hydrogens is 220 g/mol. The molecule has 1 saturated heterocycles. The molecule has 1 aliphatic heterocycles. The van der Waals surface area contributed by atoms with Gasteiger partial charge in [-0.15, -0.1) is 12.4 Å². The van der Waals surface area contributed by atoms with Gasteiger partial charge in [-0.3, -0.25) is 4.79 Å². The molecule has 0 aliphatic carbocycles. The minimum absolute atomic E-state index is 0. The van der Waals surface area contributed by atoms with Crippen LogP contribution in [0.5, 0.6) is 0 Å². The van der Waals surface area contributed by atoms with Gasteiger partial charge < -0.3 is 11.1 Å². The molecule has 0 bridgehead atoms. The summed E-state index contributed by atoms with van der Waals surface area (Å²) >= 11 is 1.95. The van der Waals surface area contributed by atoms with Crippen molar-refractivity contribution in [1.29, 1.82) is 0 Å². The molecule has 0 radical (unpaired) electrons. The van der Waals surface area contributed by atoms with Crippen molar-refractivity contribution in [3.05, 3.63) is 0 Å². The van der Waals surface area contributed by atoms with E-state index in [4.69, 9.17) is 5.73 Å². The summed E-state index contributed by atoms with van der Waals surface area (Å²) in [5.41, 5.74) is 5.58. The van der Waals surface area contributed by atoms with E-state index in [0.29, 0.717) is 11.7 Å². The number of halogens is 1. The average molecular weight is 239 g/mol. The lowest BCUT2D eigenvalue weighted by atomic mass is 10.2. The van der Waals surface area contributed by atoms with Crippen LogP contribution >= 0.6 is 24.2 Å². The molecule has 3 nitrogen and oxygen atoms in total. The Hall–Kier alpha value is 0.0700. The molecule has 1 fully saturated rings. The Labute approximate surface area is 96.0 Å². The zero-order valence-corrected chi connectivity index (χ0v) is 10.1. The first-order valence-corrected chi connectivity index (χ1v) is 5.93. The van der Waals surface area contributed by atoms with E-state index in [1.165, 1.54) is 18.6 Å². The first-order chi connectivity index (χ1) is 6.24. The van der Waals surface area contributed by atoms with Crippen LogP contribution in [-0.2, 0) is 4.79 Å². The molecule has 0 aromatic carbocycles. The highest BCUT2D eigenvalue weighted by Gasteiger charge is 2.17. The predicted molar refractivity (Wildman–Crippen MR) is 64.0 cm³/mol. The molecule has 1 heterocycles. The summed E-state index contributed by atoms with van der Waals surface area (Å²) in [6, 6.07) is -0.327. The molecule has 1 aliphatic rings. The second-order valence-corrected chi connectivity index (χ2v) is 4.80. The van der Waals surface area contributed by atoms with Crippen molar-refractivity contribution in [2.45, 2.75) is 37.5 Å². The molecule has 14 heavy (non-hydrogen) atoms. The van der Waals surface area contributed by atoms with E-state index in [0.717, 1.165) is 6.54 Å². The molecule has 0 saturated carbocycles. The molecule has 0 aromatic heterocycles. The Morgan fingerprint density at radius 2 is 2.43 bits per heavy atom. The minimum atomic E-state index is -0.327. The number of nitrogens with one attached hydrogen (secondary N) is 1. The molecular formula is C9H19ClN2OS. The molecule has 1 rings (SSSR count). The van der Waals surface area contributed by atoms with Crippen LogP contribution in [0.25, 0.3) is 0 Å². The maximum atomic E-state index is 11.3. The van der Waals surface area contributed by atoms with Crippen LogP contribution in [-0.4, -0.2) is 29.5 Å². The fourth-order valence-corrected chi connectivity index (χ4v) is 2.54. The van der Waals surface area contributed by atoms with Gasteiger partial charge in [0.2, 0.25) is 5.91 Å². The highest BCUT2D eigenvalue weighted by molar-refractivity contribution is 8.00. The third-order valence-electron chi connectivity index (χ3n) is 2.30. The quantitative estimate of drug-likeness (QED) is 0.773. The van der Waals surface area contributed by atoms with Crippen LogP contribution in [0.2, 0.25) is 0 Å². The third-order valence-corrected chi connectivity index (χ3v) is 3.70. The summed E-state index contributed by atoms with van der Waals surface area (Å²) in [4.78, 5) is 11.3. The second-order valence-electron chi connectivity index (χ2n) is 3.39. The number of thioether (sulfide) groups is 1. The fraction of sp³-hybridized carbons (Fsp3) is 0.889. The Morgan fingerprint density at radius 1 is 1.71 bits per heavy atom. The van der Waals surface area contributed by atoms with E-state index in [-0.39, 0.29) is 24.4 Å². The highest BCUT2D eigenvalue weighted by atomic mass is 35.5. The molecule has 1 unspecified atom stereocenters. The monoisotopic (exact) mass is 238 g/mol. The van der Waals surface area contributed by atoms with Crippen molar-refractivity contribution >= 4 is 30.1 Å². The van der Waals surface area contributed by atoms with Crippen LogP contribution in [0.15, 0.2) is 0 Å². The summed E-state index contributed by atoms with van der Waals surface area (Å²) < 4.78 is 0. The number of hydrogen-bond acceptors (Lipinski definition) is 3. The first kappa shape index (κ1) is 14.1. The SMILES string of the molecule is CC[C@H](N)C(=O)NCC1CCCS1.Cl. The largest absolute Gasteiger partial charge is 0.354 e.